The minimum Gasteiger partial charge on any atom is -0.474 e. The highest BCUT2D eigenvalue weighted by Gasteiger charge is 2.32. The van der Waals surface area contributed by atoms with E-state index in [-0.39, 0.29) is 41.1 Å². The normalized spacial score (nSPS) is 14.3. The van der Waals surface area contributed by atoms with E-state index >= 15 is 0 Å². The molecule has 2 aromatic rings. The van der Waals surface area contributed by atoms with Gasteiger partial charge in [-0.3, -0.25) is 9.10 Å². The Kier molecular flexibility index (Phi) is 5.05. The van der Waals surface area contributed by atoms with E-state index in [0.29, 0.717) is 5.02 Å². The number of amides is 1. The zero-order valence-electron chi connectivity index (χ0n) is 15.2. The van der Waals surface area contributed by atoms with Crippen molar-refractivity contribution < 1.29 is 17.9 Å². The van der Waals surface area contributed by atoms with Crippen molar-refractivity contribution in [3.05, 3.63) is 47.1 Å². The summed E-state index contributed by atoms with van der Waals surface area (Å²) in [5, 5.41) is 3.27. The number of aromatic nitrogens is 1. The molecule has 0 unspecified atom stereocenters. The fourth-order valence-electron chi connectivity index (χ4n) is 2.60. The lowest BCUT2D eigenvalue weighted by Gasteiger charge is -2.30. The molecule has 0 bridgehead atoms. The molecule has 1 aromatic carbocycles. The van der Waals surface area contributed by atoms with Gasteiger partial charge in [0.05, 0.1) is 17.0 Å². The van der Waals surface area contributed by atoms with Gasteiger partial charge in [0.15, 0.2) is 0 Å². The number of benzene rings is 1. The Balaban J connectivity index is 2.01. The SMILES string of the molecule is CC(C)(C)NC(=O)c1cnc2c(c1)N(S(=O)(=O)c1ccc(Cl)cc1)CCO2. The number of carbonyl (C=O) groups excluding carboxylic acids is 1. The summed E-state index contributed by atoms with van der Waals surface area (Å²) in [7, 11) is -3.85. The first-order valence-electron chi connectivity index (χ1n) is 8.31. The Morgan fingerprint density at radius 1 is 1.26 bits per heavy atom. The Morgan fingerprint density at radius 3 is 2.56 bits per heavy atom. The van der Waals surface area contributed by atoms with Gasteiger partial charge in [-0.2, -0.15) is 0 Å². The number of hydrogen-bond donors (Lipinski definition) is 1. The number of hydrogen-bond acceptors (Lipinski definition) is 5. The van der Waals surface area contributed by atoms with Gasteiger partial charge in [0.2, 0.25) is 5.88 Å². The van der Waals surface area contributed by atoms with Crippen molar-refractivity contribution in [2.45, 2.75) is 31.2 Å². The molecule has 0 spiro atoms. The van der Waals surface area contributed by atoms with E-state index in [4.69, 9.17) is 16.3 Å². The van der Waals surface area contributed by atoms with Crippen molar-refractivity contribution in [3.8, 4) is 5.88 Å². The third-order valence-corrected chi connectivity index (χ3v) is 5.87. The monoisotopic (exact) mass is 409 g/mol. The van der Waals surface area contributed by atoms with Crippen molar-refractivity contribution in [1.82, 2.24) is 10.3 Å². The standard InChI is InChI=1S/C18H20ClN3O4S/c1-18(2,3)21-16(23)12-10-15-17(20-11-12)26-9-8-22(15)27(24,25)14-6-4-13(19)5-7-14/h4-7,10-11H,8-9H2,1-3H3,(H,21,23). The number of pyridine rings is 1. The number of rotatable bonds is 3. The third kappa shape index (κ3) is 4.17. The molecule has 0 radical (unpaired) electrons. The fraction of sp³-hybridized carbons (Fsp3) is 0.333. The summed E-state index contributed by atoms with van der Waals surface area (Å²) >= 11 is 5.85. The number of sulfonamides is 1. The van der Waals surface area contributed by atoms with Crippen LogP contribution in [-0.4, -0.2) is 38.0 Å². The van der Waals surface area contributed by atoms with Crippen LogP contribution in [0.1, 0.15) is 31.1 Å². The van der Waals surface area contributed by atoms with E-state index in [1.54, 1.807) is 0 Å². The first-order valence-corrected chi connectivity index (χ1v) is 10.1. The minimum absolute atomic E-state index is 0.101. The summed E-state index contributed by atoms with van der Waals surface area (Å²) < 4.78 is 32.8. The van der Waals surface area contributed by atoms with Gasteiger partial charge in [-0.05, 0) is 51.1 Å². The first-order chi connectivity index (χ1) is 12.6. The first kappa shape index (κ1) is 19.4. The maximum absolute atomic E-state index is 13.1. The molecule has 1 N–H and O–H groups in total. The summed E-state index contributed by atoms with van der Waals surface area (Å²) in [6, 6.07) is 7.39. The maximum atomic E-state index is 13.1. The summed E-state index contributed by atoms with van der Waals surface area (Å²) in [5.74, 6) is -0.168. The van der Waals surface area contributed by atoms with E-state index in [0.717, 1.165) is 0 Å². The lowest BCUT2D eigenvalue weighted by molar-refractivity contribution is 0.0919. The van der Waals surface area contributed by atoms with Crippen LogP contribution in [0.3, 0.4) is 0 Å². The van der Waals surface area contributed by atoms with Crippen molar-refractivity contribution in [1.29, 1.82) is 0 Å². The fourth-order valence-corrected chi connectivity index (χ4v) is 4.16. The third-order valence-electron chi connectivity index (χ3n) is 3.79. The molecule has 1 aliphatic rings. The topological polar surface area (TPSA) is 88.6 Å². The number of halogens is 1. The molecule has 1 aromatic heterocycles. The van der Waals surface area contributed by atoms with Crippen LogP contribution in [0.4, 0.5) is 5.69 Å². The van der Waals surface area contributed by atoms with Crippen LogP contribution in [0, 0.1) is 0 Å². The predicted octanol–water partition coefficient (Wildman–Crippen LogP) is 2.85. The van der Waals surface area contributed by atoms with Gasteiger partial charge in [-0.15, -0.1) is 0 Å². The highest BCUT2D eigenvalue weighted by molar-refractivity contribution is 7.92. The quantitative estimate of drug-likeness (QED) is 0.842. The van der Waals surface area contributed by atoms with E-state index in [1.165, 1.54) is 40.8 Å². The van der Waals surface area contributed by atoms with Crippen LogP contribution >= 0.6 is 11.6 Å². The average molecular weight is 410 g/mol. The summed E-state index contributed by atoms with van der Waals surface area (Å²) in [6.07, 6.45) is 1.37. The maximum Gasteiger partial charge on any atom is 0.264 e. The molecule has 7 nitrogen and oxygen atoms in total. The van der Waals surface area contributed by atoms with E-state index in [2.05, 4.69) is 10.3 Å². The van der Waals surface area contributed by atoms with Crippen molar-refractivity contribution in [3.63, 3.8) is 0 Å². The molecule has 27 heavy (non-hydrogen) atoms. The summed E-state index contributed by atoms with van der Waals surface area (Å²) in [4.78, 5) is 16.7. The van der Waals surface area contributed by atoms with Gasteiger partial charge >= 0.3 is 0 Å². The molecule has 1 aliphatic heterocycles. The second kappa shape index (κ2) is 7.01. The van der Waals surface area contributed by atoms with Crippen LogP contribution in [0.5, 0.6) is 5.88 Å². The van der Waals surface area contributed by atoms with E-state index in [9.17, 15) is 13.2 Å². The van der Waals surface area contributed by atoms with Gasteiger partial charge in [0, 0.05) is 16.8 Å². The predicted molar refractivity (Wildman–Crippen MR) is 103 cm³/mol. The van der Waals surface area contributed by atoms with Gasteiger partial charge in [0.25, 0.3) is 15.9 Å². The molecule has 0 aliphatic carbocycles. The van der Waals surface area contributed by atoms with Crippen LogP contribution in [0.2, 0.25) is 5.02 Å². The molecule has 144 valence electrons. The second-order valence-corrected chi connectivity index (χ2v) is 9.43. The average Bonchev–Trinajstić information content (AvgIpc) is 2.59. The highest BCUT2D eigenvalue weighted by Crippen LogP contribution is 2.34. The highest BCUT2D eigenvalue weighted by atomic mass is 35.5. The number of carbonyl (C=O) groups is 1. The largest absolute Gasteiger partial charge is 0.474 e. The Labute approximate surface area is 163 Å². The number of anilines is 1. The number of ether oxygens (including phenoxy) is 1. The zero-order valence-corrected chi connectivity index (χ0v) is 16.8. The Hall–Kier alpha value is -2.32. The summed E-state index contributed by atoms with van der Waals surface area (Å²) in [5.41, 5.74) is 0.0571. The molecular weight excluding hydrogens is 390 g/mol. The number of nitrogens with one attached hydrogen (secondary N) is 1. The van der Waals surface area contributed by atoms with Crippen LogP contribution < -0.4 is 14.4 Å². The molecule has 0 saturated carbocycles. The van der Waals surface area contributed by atoms with Crippen LogP contribution in [0.25, 0.3) is 0 Å². The Bertz CT molecular complexity index is 969. The van der Waals surface area contributed by atoms with E-state index < -0.39 is 15.6 Å². The zero-order chi connectivity index (χ0) is 19.8. The molecule has 0 fully saturated rings. The molecule has 0 atom stereocenters. The van der Waals surface area contributed by atoms with Crippen molar-refractivity contribution in [2.24, 2.45) is 0 Å². The number of fused-ring (bicyclic) bond motifs is 1. The van der Waals surface area contributed by atoms with Gasteiger partial charge in [-0.1, -0.05) is 11.6 Å². The lowest BCUT2D eigenvalue weighted by atomic mass is 10.1. The van der Waals surface area contributed by atoms with Crippen LogP contribution in [0.15, 0.2) is 41.4 Å². The molecule has 9 heteroatoms. The minimum atomic E-state index is -3.85. The molecule has 1 amide bonds. The van der Waals surface area contributed by atoms with Gasteiger partial charge in [0.1, 0.15) is 12.3 Å². The van der Waals surface area contributed by atoms with Crippen molar-refractivity contribution in [2.75, 3.05) is 17.5 Å². The van der Waals surface area contributed by atoms with Gasteiger partial charge in [-0.25, -0.2) is 13.4 Å². The Morgan fingerprint density at radius 2 is 1.93 bits per heavy atom. The second-order valence-electron chi connectivity index (χ2n) is 7.13. The van der Waals surface area contributed by atoms with Crippen molar-refractivity contribution >= 4 is 33.2 Å². The molecule has 0 saturated heterocycles. The summed E-state index contributed by atoms with van der Waals surface area (Å²) in [6.45, 7) is 5.86. The molecule has 2 heterocycles. The smallest absolute Gasteiger partial charge is 0.264 e. The van der Waals surface area contributed by atoms with E-state index in [1.807, 2.05) is 20.8 Å². The number of nitrogens with zero attached hydrogens (tertiary/aromatic N) is 2. The molecular formula is C18H20ClN3O4S. The molecule has 3 rings (SSSR count). The lowest BCUT2D eigenvalue weighted by Crippen LogP contribution is -2.41. The van der Waals surface area contributed by atoms with Crippen LogP contribution in [-0.2, 0) is 10.0 Å². The van der Waals surface area contributed by atoms with Gasteiger partial charge < -0.3 is 10.1 Å².